The third kappa shape index (κ3) is 4.11. The summed E-state index contributed by atoms with van der Waals surface area (Å²) >= 11 is 6.89. The maximum Gasteiger partial charge on any atom is 0.252 e. The van der Waals surface area contributed by atoms with Gasteiger partial charge in [-0.25, -0.2) is 8.42 Å². The SMILES string of the molecule is Cc1nn(C)c(C)c1C=CC(=O)N1CCN(S(=O)(=O)c2ccc(Cl)s2)CC1. The lowest BCUT2D eigenvalue weighted by atomic mass is 10.2. The quantitative estimate of drug-likeness (QED) is 0.700. The van der Waals surface area contributed by atoms with Gasteiger partial charge in [-0.05, 0) is 32.1 Å². The Kier molecular flexibility index (Phi) is 5.76. The predicted octanol–water partition coefficient (Wildman–Crippen LogP) is 2.30. The zero-order valence-electron chi connectivity index (χ0n) is 15.3. The number of nitrogens with zero attached hydrogens (tertiary/aromatic N) is 4. The molecule has 0 aromatic carbocycles. The minimum absolute atomic E-state index is 0.131. The Balaban J connectivity index is 1.63. The molecule has 0 radical (unpaired) electrons. The normalized spacial score (nSPS) is 16.4. The fourth-order valence-corrected chi connectivity index (χ4v) is 6.06. The Morgan fingerprint density at radius 2 is 1.89 bits per heavy atom. The average Bonchev–Trinajstić information content (AvgIpc) is 3.17. The van der Waals surface area contributed by atoms with Crippen LogP contribution in [0.2, 0.25) is 4.34 Å². The van der Waals surface area contributed by atoms with Crippen molar-refractivity contribution in [2.75, 3.05) is 26.2 Å². The topological polar surface area (TPSA) is 75.5 Å². The van der Waals surface area contributed by atoms with E-state index in [0.29, 0.717) is 17.4 Å². The highest BCUT2D eigenvalue weighted by atomic mass is 35.5. The van der Waals surface area contributed by atoms with Crippen LogP contribution in [0.25, 0.3) is 6.08 Å². The first-order valence-corrected chi connectivity index (χ1v) is 11.1. The summed E-state index contributed by atoms with van der Waals surface area (Å²) in [7, 11) is -1.69. The van der Waals surface area contributed by atoms with Gasteiger partial charge in [-0.1, -0.05) is 11.6 Å². The summed E-state index contributed by atoms with van der Waals surface area (Å²) in [6, 6.07) is 3.09. The van der Waals surface area contributed by atoms with Gasteiger partial charge in [-0.3, -0.25) is 9.48 Å². The van der Waals surface area contributed by atoms with Crippen LogP contribution >= 0.6 is 22.9 Å². The van der Waals surface area contributed by atoms with Gasteiger partial charge in [0.05, 0.1) is 10.0 Å². The molecule has 0 aliphatic carbocycles. The summed E-state index contributed by atoms with van der Waals surface area (Å²) in [4.78, 5) is 14.1. The number of piperazine rings is 1. The summed E-state index contributed by atoms with van der Waals surface area (Å²) in [5.74, 6) is -0.131. The number of hydrogen-bond donors (Lipinski definition) is 0. The van der Waals surface area contributed by atoms with Gasteiger partial charge < -0.3 is 4.90 Å². The molecule has 2 aromatic heterocycles. The van der Waals surface area contributed by atoms with Gasteiger partial charge in [0.1, 0.15) is 4.21 Å². The molecular weight excluding hydrogens is 408 g/mol. The smallest absolute Gasteiger partial charge is 0.252 e. The molecule has 0 N–H and O–H groups in total. The van der Waals surface area contributed by atoms with E-state index >= 15 is 0 Å². The van der Waals surface area contributed by atoms with Gasteiger partial charge >= 0.3 is 0 Å². The summed E-state index contributed by atoms with van der Waals surface area (Å²) < 4.78 is 29.1. The van der Waals surface area contributed by atoms with Crippen molar-refractivity contribution in [1.82, 2.24) is 19.0 Å². The van der Waals surface area contributed by atoms with Gasteiger partial charge in [0.25, 0.3) is 10.0 Å². The number of sulfonamides is 1. The van der Waals surface area contributed by atoms with Gasteiger partial charge in [-0.15, -0.1) is 11.3 Å². The van der Waals surface area contributed by atoms with Gasteiger partial charge in [0, 0.05) is 50.6 Å². The maximum absolute atomic E-state index is 12.6. The van der Waals surface area contributed by atoms with Crippen LogP contribution in [0, 0.1) is 13.8 Å². The number of thiophene rings is 1. The standard InChI is InChI=1S/C17H21ClN4O3S2/c1-12-14(13(2)20(3)19-12)4-6-16(23)21-8-10-22(11-9-21)27(24,25)17-7-5-15(18)26-17/h4-7H,8-11H2,1-3H3. The van der Waals surface area contributed by atoms with E-state index in [1.54, 1.807) is 21.7 Å². The molecule has 0 spiro atoms. The highest BCUT2D eigenvalue weighted by Gasteiger charge is 2.30. The number of halogens is 1. The summed E-state index contributed by atoms with van der Waals surface area (Å²) in [5.41, 5.74) is 2.79. The first kappa shape index (κ1) is 20.1. The first-order chi connectivity index (χ1) is 12.7. The van der Waals surface area contributed by atoms with Crippen molar-refractivity contribution in [2.24, 2.45) is 7.05 Å². The number of aromatic nitrogens is 2. The van der Waals surface area contributed by atoms with Crippen molar-refractivity contribution in [3.63, 3.8) is 0 Å². The lowest BCUT2D eigenvalue weighted by Crippen LogP contribution is -2.50. The van der Waals surface area contributed by atoms with Crippen molar-refractivity contribution >= 4 is 44.9 Å². The average molecular weight is 429 g/mol. The second-order valence-electron chi connectivity index (χ2n) is 6.33. The molecule has 0 bridgehead atoms. The summed E-state index contributed by atoms with van der Waals surface area (Å²) in [5, 5.41) is 4.33. The molecule has 146 valence electrons. The molecule has 1 fully saturated rings. The van der Waals surface area contributed by atoms with Crippen molar-refractivity contribution < 1.29 is 13.2 Å². The molecule has 3 rings (SSSR count). The fraction of sp³-hybridized carbons (Fsp3) is 0.412. The number of carbonyl (C=O) groups excluding carboxylic acids is 1. The van der Waals surface area contributed by atoms with Crippen LogP contribution in [0.3, 0.4) is 0 Å². The second kappa shape index (κ2) is 7.75. The Hall–Kier alpha value is -1.68. The van der Waals surface area contributed by atoms with Crippen molar-refractivity contribution in [3.05, 3.63) is 39.5 Å². The lowest BCUT2D eigenvalue weighted by molar-refractivity contribution is -0.127. The van der Waals surface area contributed by atoms with Gasteiger partial charge in [-0.2, -0.15) is 9.40 Å². The molecule has 0 atom stereocenters. The minimum Gasteiger partial charge on any atom is -0.337 e. The number of hydrogen-bond acceptors (Lipinski definition) is 5. The minimum atomic E-state index is -3.55. The Bertz CT molecular complexity index is 986. The third-order valence-corrected chi connectivity index (χ3v) is 8.25. The first-order valence-electron chi connectivity index (χ1n) is 8.43. The second-order valence-corrected chi connectivity index (χ2v) is 10.2. The van der Waals surface area contributed by atoms with Crippen LogP contribution in [-0.4, -0.2) is 59.5 Å². The molecule has 0 unspecified atom stereocenters. The largest absolute Gasteiger partial charge is 0.337 e. The van der Waals surface area contributed by atoms with Crippen molar-refractivity contribution in [3.8, 4) is 0 Å². The van der Waals surface area contributed by atoms with E-state index in [0.717, 1.165) is 28.3 Å². The zero-order chi connectivity index (χ0) is 19.8. The van der Waals surface area contributed by atoms with E-state index < -0.39 is 10.0 Å². The molecule has 0 saturated carbocycles. The predicted molar refractivity (Wildman–Crippen MR) is 106 cm³/mol. The summed E-state index contributed by atoms with van der Waals surface area (Å²) in [6.45, 7) is 5.09. The fourth-order valence-electron chi connectivity index (χ4n) is 3.00. The van der Waals surface area contributed by atoms with E-state index in [-0.39, 0.29) is 23.2 Å². The molecular formula is C17H21ClN4O3S2. The number of rotatable bonds is 4. The molecule has 1 saturated heterocycles. The van der Waals surface area contributed by atoms with Crippen LogP contribution in [0.1, 0.15) is 17.0 Å². The van der Waals surface area contributed by atoms with E-state index in [1.165, 1.54) is 16.4 Å². The van der Waals surface area contributed by atoms with Crippen LogP contribution in [0.5, 0.6) is 0 Å². The van der Waals surface area contributed by atoms with Crippen LogP contribution in [0.4, 0.5) is 0 Å². The molecule has 1 aliphatic heterocycles. The molecule has 1 aliphatic rings. The highest BCUT2D eigenvalue weighted by Crippen LogP contribution is 2.28. The van der Waals surface area contributed by atoms with Gasteiger partial charge in [0.15, 0.2) is 0 Å². The number of amides is 1. The number of aryl methyl sites for hydroxylation is 2. The summed E-state index contributed by atoms with van der Waals surface area (Å²) in [6.07, 6.45) is 3.30. The Labute approximate surface area is 167 Å². The number of carbonyl (C=O) groups is 1. The zero-order valence-corrected chi connectivity index (χ0v) is 17.7. The van der Waals surface area contributed by atoms with Crippen LogP contribution in [0.15, 0.2) is 22.4 Å². The molecule has 7 nitrogen and oxygen atoms in total. The lowest BCUT2D eigenvalue weighted by Gasteiger charge is -2.33. The van der Waals surface area contributed by atoms with Crippen molar-refractivity contribution in [1.29, 1.82) is 0 Å². The van der Waals surface area contributed by atoms with E-state index in [1.807, 2.05) is 20.9 Å². The molecule has 3 heterocycles. The Morgan fingerprint density at radius 1 is 1.22 bits per heavy atom. The van der Waals surface area contributed by atoms with E-state index in [2.05, 4.69) is 5.10 Å². The van der Waals surface area contributed by atoms with E-state index in [9.17, 15) is 13.2 Å². The molecule has 27 heavy (non-hydrogen) atoms. The molecule has 1 amide bonds. The monoisotopic (exact) mass is 428 g/mol. The van der Waals surface area contributed by atoms with E-state index in [4.69, 9.17) is 11.6 Å². The maximum atomic E-state index is 12.6. The molecule has 2 aromatic rings. The van der Waals surface area contributed by atoms with Crippen LogP contribution in [-0.2, 0) is 21.9 Å². The molecule has 10 heteroatoms. The van der Waals surface area contributed by atoms with Crippen molar-refractivity contribution in [2.45, 2.75) is 18.1 Å². The van der Waals surface area contributed by atoms with Gasteiger partial charge in [0.2, 0.25) is 5.91 Å². The highest BCUT2D eigenvalue weighted by molar-refractivity contribution is 7.91. The Morgan fingerprint density at radius 3 is 2.41 bits per heavy atom. The third-order valence-electron chi connectivity index (χ3n) is 4.65. The van der Waals surface area contributed by atoms with Crippen LogP contribution < -0.4 is 0 Å².